The molecule has 106 valence electrons. The molecule has 0 saturated heterocycles. The largest absolute Gasteiger partial charge is 0.481 e. The van der Waals surface area contributed by atoms with Gasteiger partial charge in [0.2, 0.25) is 0 Å². The lowest BCUT2D eigenvalue weighted by Gasteiger charge is -2.55. The van der Waals surface area contributed by atoms with Gasteiger partial charge < -0.3 is 5.11 Å². The van der Waals surface area contributed by atoms with Crippen LogP contribution in [0.3, 0.4) is 0 Å². The minimum atomic E-state index is -0.509. The van der Waals surface area contributed by atoms with Crippen LogP contribution in [0.15, 0.2) is 0 Å². The fourth-order valence-electron chi connectivity index (χ4n) is 6.63. The maximum Gasteiger partial charge on any atom is 0.306 e. The van der Waals surface area contributed by atoms with Gasteiger partial charge in [0.15, 0.2) is 0 Å². The predicted octanol–water partition coefficient (Wildman–Crippen LogP) is 4.09. The van der Waals surface area contributed by atoms with E-state index in [1.165, 1.54) is 51.4 Å². The Bertz CT molecular complexity index is 391. The summed E-state index contributed by atoms with van der Waals surface area (Å²) in [5.41, 5.74) is 0.657. The summed E-state index contributed by atoms with van der Waals surface area (Å²) in [6, 6.07) is 0. The Morgan fingerprint density at radius 2 is 1.79 bits per heavy atom. The van der Waals surface area contributed by atoms with Crippen LogP contribution in [0.4, 0.5) is 0 Å². The number of carboxylic acids is 1. The fourth-order valence-corrected chi connectivity index (χ4v) is 6.63. The summed E-state index contributed by atoms with van der Waals surface area (Å²) < 4.78 is 0. The summed E-state index contributed by atoms with van der Waals surface area (Å²) in [4.78, 5) is 11.5. The van der Waals surface area contributed by atoms with Gasteiger partial charge in [0.05, 0.1) is 5.92 Å². The summed E-state index contributed by atoms with van der Waals surface area (Å²) in [5, 5.41) is 9.50. The minimum Gasteiger partial charge on any atom is -0.481 e. The highest BCUT2D eigenvalue weighted by Gasteiger charge is 2.56. The lowest BCUT2D eigenvalue weighted by atomic mass is 9.50. The van der Waals surface area contributed by atoms with E-state index in [1.54, 1.807) is 0 Å². The van der Waals surface area contributed by atoms with Gasteiger partial charge >= 0.3 is 5.97 Å². The summed E-state index contributed by atoms with van der Waals surface area (Å²) >= 11 is 0. The molecule has 1 spiro atoms. The number of carbonyl (C=O) groups is 1. The molecule has 0 heterocycles. The van der Waals surface area contributed by atoms with Crippen LogP contribution in [0.5, 0.6) is 0 Å². The molecule has 2 bridgehead atoms. The van der Waals surface area contributed by atoms with E-state index >= 15 is 0 Å². The van der Waals surface area contributed by atoms with Crippen molar-refractivity contribution in [3.63, 3.8) is 0 Å². The van der Waals surface area contributed by atoms with Crippen LogP contribution in [0, 0.1) is 35.0 Å². The zero-order chi connectivity index (χ0) is 13.0. The molecule has 1 N–H and O–H groups in total. The lowest BCUT2D eigenvalue weighted by Crippen LogP contribution is -2.48. The maximum atomic E-state index is 11.5. The van der Waals surface area contributed by atoms with Gasteiger partial charge in [0.25, 0.3) is 0 Å². The van der Waals surface area contributed by atoms with Crippen molar-refractivity contribution in [3.05, 3.63) is 0 Å². The number of hydrogen-bond acceptors (Lipinski definition) is 1. The van der Waals surface area contributed by atoms with E-state index in [0.717, 1.165) is 30.6 Å². The third-order valence-electron chi connectivity index (χ3n) is 7.35. The highest BCUT2D eigenvalue weighted by molar-refractivity contribution is 5.70. The van der Waals surface area contributed by atoms with E-state index in [4.69, 9.17) is 0 Å². The Labute approximate surface area is 116 Å². The predicted molar refractivity (Wildman–Crippen MR) is 73.7 cm³/mol. The molecule has 4 saturated carbocycles. The van der Waals surface area contributed by atoms with Gasteiger partial charge in [0, 0.05) is 0 Å². The van der Waals surface area contributed by atoms with E-state index in [0.29, 0.717) is 11.3 Å². The molecule has 4 aliphatic rings. The van der Waals surface area contributed by atoms with Crippen LogP contribution in [-0.2, 0) is 4.79 Å². The number of hydrogen-bond donors (Lipinski definition) is 1. The van der Waals surface area contributed by atoms with Gasteiger partial charge in [-0.15, -0.1) is 0 Å². The van der Waals surface area contributed by atoms with Crippen LogP contribution in [0.25, 0.3) is 0 Å². The van der Waals surface area contributed by atoms with Crippen LogP contribution in [0.2, 0.25) is 0 Å². The first-order valence-corrected chi connectivity index (χ1v) is 8.42. The molecule has 0 aromatic carbocycles. The first-order chi connectivity index (χ1) is 9.20. The Balaban J connectivity index is 1.63. The highest BCUT2D eigenvalue weighted by Crippen LogP contribution is 2.65. The molecule has 4 fully saturated rings. The molecule has 4 rings (SSSR count). The Morgan fingerprint density at radius 1 is 0.947 bits per heavy atom. The molecule has 2 heteroatoms. The van der Waals surface area contributed by atoms with Gasteiger partial charge in [-0.3, -0.25) is 4.79 Å². The number of fused-ring (bicyclic) bond motifs is 3. The quantitative estimate of drug-likeness (QED) is 0.772. The lowest BCUT2D eigenvalue weighted by molar-refractivity contribution is -0.151. The number of rotatable bonds is 1. The van der Waals surface area contributed by atoms with Crippen molar-refractivity contribution in [1.29, 1.82) is 0 Å². The molecule has 19 heavy (non-hydrogen) atoms. The Morgan fingerprint density at radius 3 is 2.63 bits per heavy atom. The monoisotopic (exact) mass is 262 g/mol. The Kier molecular flexibility index (Phi) is 2.72. The van der Waals surface area contributed by atoms with E-state index in [2.05, 4.69) is 0 Å². The second-order valence-electron chi connectivity index (χ2n) is 7.90. The Hall–Kier alpha value is -0.530. The van der Waals surface area contributed by atoms with Crippen molar-refractivity contribution in [2.45, 2.75) is 64.2 Å². The summed E-state index contributed by atoms with van der Waals surface area (Å²) in [5.74, 6) is 2.64. The first-order valence-electron chi connectivity index (χ1n) is 8.42. The van der Waals surface area contributed by atoms with Gasteiger partial charge in [-0.25, -0.2) is 0 Å². The summed E-state index contributed by atoms with van der Waals surface area (Å²) in [6.07, 6.45) is 13.3. The molecule has 0 radical (unpaired) electrons. The van der Waals surface area contributed by atoms with Gasteiger partial charge in [0.1, 0.15) is 0 Å². The zero-order valence-electron chi connectivity index (χ0n) is 11.8. The molecule has 6 unspecified atom stereocenters. The SMILES string of the molecule is O=C(O)C1CCCC2C1CCC13CCC(CCC21)C3. The minimum absolute atomic E-state index is 0.0183. The standard InChI is InChI=1S/C17H26O2/c18-16(19)14-3-1-2-13-12(14)7-9-17-8-6-11(10-17)4-5-15(13)17/h11-15H,1-10H2,(H,18,19). The maximum absolute atomic E-state index is 11.5. The molecule has 0 aliphatic heterocycles. The zero-order valence-corrected chi connectivity index (χ0v) is 11.8. The third-order valence-corrected chi connectivity index (χ3v) is 7.35. The molecular formula is C17H26O2. The first kappa shape index (κ1) is 12.2. The molecule has 0 amide bonds. The van der Waals surface area contributed by atoms with Crippen LogP contribution in [-0.4, -0.2) is 11.1 Å². The van der Waals surface area contributed by atoms with Gasteiger partial charge in [-0.2, -0.15) is 0 Å². The molecular weight excluding hydrogens is 236 g/mol. The van der Waals surface area contributed by atoms with E-state index in [-0.39, 0.29) is 5.92 Å². The van der Waals surface area contributed by atoms with Crippen LogP contribution in [0.1, 0.15) is 64.2 Å². The number of carboxylic acid groups (broad SMARTS) is 1. The van der Waals surface area contributed by atoms with Crippen molar-refractivity contribution in [2.24, 2.45) is 35.0 Å². The highest BCUT2D eigenvalue weighted by atomic mass is 16.4. The summed E-state index contributed by atoms with van der Waals surface area (Å²) in [7, 11) is 0. The van der Waals surface area contributed by atoms with Crippen molar-refractivity contribution in [3.8, 4) is 0 Å². The molecule has 0 aromatic heterocycles. The molecule has 4 aliphatic carbocycles. The van der Waals surface area contributed by atoms with Crippen molar-refractivity contribution in [1.82, 2.24) is 0 Å². The second kappa shape index (κ2) is 4.23. The van der Waals surface area contributed by atoms with Crippen molar-refractivity contribution >= 4 is 5.97 Å². The van der Waals surface area contributed by atoms with E-state index < -0.39 is 5.97 Å². The van der Waals surface area contributed by atoms with E-state index in [9.17, 15) is 9.90 Å². The van der Waals surface area contributed by atoms with Gasteiger partial charge in [-0.05, 0) is 80.5 Å². The topological polar surface area (TPSA) is 37.3 Å². The van der Waals surface area contributed by atoms with Crippen molar-refractivity contribution in [2.75, 3.05) is 0 Å². The summed E-state index contributed by atoms with van der Waals surface area (Å²) in [6.45, 7) is 0. The molecule has 0 aromatic rings. The molecule has 6 atom stereocenters. The van der Waals surface area contributed by atoms with E-state index in [1.807, 2.05) is 0 Å². The average molecular weight is 262 g/mol. The van der Waals surface area contributed by atoms with Gasteiger partial charge in [-0.1, -0.05) is 12.8 Å². The van der Waals surface area contributed by atoms with Crippen LogP contribution < -0.4 is 0 Å². The van der Waals surface area contributed by atoms with Crippen molar-refractivity contribution < 1.29 is 9.90 Å². The number of aliphatic carboxylic acids is 1. The second-order valence-corrected chi connectivity index (χ2v) is 7.90. The van der Waals surface area contributed by atoms with Crippen LogP contribution >= 0.6 is 0 Å². The third kappa shape index (κ3) is 1.71. The smallest absolute Gasteiger partial charge is 0.306 e. The molecule has 2 nitrogen and oxygen atoms in total. The normalized spacial score (nSPS) is 52.3. The average Bonchev–Trinajstić information content (AvgIpc) is 2.73. The fraction of sp³-hybridized carbons (Fsp3) is 0.941.